The molecule has 1 fully saturated rings. The third-order valence-corrected chi connectivity index (χ3v) is 5.36. The molecule has 1 saturated heterocycles. The van der Waals surface area contributed by atoms with Crippen molar-refractivity contribution in [2.45, 2.75) is 18.6 Å². The number of aromatic nitrogens is 1. The molecule has 0 N–H and O–H groups in total. The number of amides is 1. The number of amidine groups is 1. The third-order valence-electron chi connectivity index (χ3n) is 3.80. The summed E-state index contributed by atoms with van der Waals surface area (Å²) >= 11 is 7.89. The number of thioether (sulfide) groups is 1. The standard InChI is InChI=1S/C15H19ClN4OS/c1-15(2)10-18-14(22-15)20-7-5-19(6-8-20)13(21)11-3-4-17-9-12(11)16/h3-4,9H,5-8,10H2,1-2H3. The fourth-order valence-corrected chi connectivity index (χ4v) is 3.82. The topological polar surface area (TPSA) is 48.8 Å². The van der Waals surface area contributed by atoms with Crippen LogP contribution in [0.5, 0.6) is 0 Å². The first-order valence-corrected chi connectivity index (χ1v) is 8.53. The molecule has 3 rings (SSSR count). The Balaban J connectivity index is 1.61. The van der Waals surface area contributed by atoms with Crippen LogP contribution in [-0.2, 0) is 0 Å². The van der Waals surface area contributed by atoms with Crippen molar-refractivity contribution in [3.63, 3.8) is 0 Å². The van der Waals surface area contributed by atoms with E-state index < -0.39 is 0 Å². The molecule has 118 valence electrons. The van der Waals surface area contributed by atoms with Crippen LogP contribution in [0, 0.1) is 0 Å². The molecule has 2 aliphatic heterocycles. The van der Waals surface area contributed by atoms with Gasteiger partial charge in [-0.1, -0.05) is 23.4 Å². The number of nitrogens with zero attached hydrogens (tertiary/aromatic N) is 4. The lowest BCUT2D eigenvalue weighted by Gasteiger charge is -2.36. The molecule has 1 amide bonds. The number of rotatable bonds is 1. The summed E-state index contributed by atoms with van der Waals surface area (Å²) in [6.45, 7) is 8.29. The van der Waals surface area contributed by atoms with Gasteiger partial charge >= 0.3 is 0 Å². The van der Waals surface area contributed by atoms with Crippen LogP contribution >= 0.6 is 23.4 Å². The molecule has 1 aromatic rings. The van der Waals surface area contributed by atoms with E-state index in [2.05, 4.69) is 28.7 Å². The minimum Gasteiger partial charge on any atom is -0.348 e. The second-order valence-electron chi connectivity index (χ2n) is 6.10. The maximum absolute atomic E-state index is 12.5. The molecular formula is C15H19ClN4OS. The molecule has 0 atom stereocenters. The Morgan fingerprint density at radius 1 is 1.32 bits per heavy atom. The molecule has 22 heavy (non-hydrogen) atoms. The molecule has 0 saturated carbocycles. The van der Waals surface area contributed by atoms with Crippen molar-refractivity contribution in [2.75, 3.05) is 32.7 Å². The zero-order valence-electron chi connectivity index (χ0n) is 12.8. The Hall–Kier alpha value is -1.27. The molecular weight excluding hydrogens is 320 g/mol. The van der Waals surface area contributed by atoms with Crippen LogP contribution in [0.15, 0.2) is 23.5 Å². The van der Waals surface area contributed by atoms with Crippen LogP contribution in [0.4, 0.5) is 0 Å². The lowest BCUT2D eigenvalue weighted by Crippen LogP contribution is -2.50. The second-order valence-corrected chi connectivity index (χ2v) is 8.18. The van der Waals surface area contributed by atoms with Gasteiger partial charge in [-0.3, -0.25) is 14.8 Å². The average molecular weight is 339 g/mol. The van der Waals surface area contributed by atoms with Crippen LogP contribution in [0.3, 0.4) is 0 Å². The molecule has 1 aromatic heterocycles. The maximum atomic E-state index is 12.5. The van der Waals surface area contributed by atoms with E-state index in [1.807, 2.05) is 16.7 Å². The molecule has 0 aromatic carbocycles. The van der Waals surface area contributed by atoms with E-state index in [1.165, 1.54) is 6.20 Å². The highest BCUT2D eigenvalue weighted by molar-refractivity contribution is 8.15. The zero-order valence-corrected chi connectivity index (χ0v) is 14.3. The summed E-state index contributed by atoms with van der Waals surface area (Å²) in [6, 6.07) is 1.68. The molecule has 0 aliphatic carbocycles. The van der Waals surface area contributed by atoms with E-state index in [-0.39, 0.29) is 10.7 Å². The number of carbonyl (C=O) groups is 1. The summed E-state index contributed by atoms with van der Waals surface area (Å²) in [7, 11) is 0. The zero-order chi connectivity index (χ0) is 15.7. The fourth-order valence-electron chi connectivity index (χ4n) is 2.55. The van der Waals surface area contributed by atoms with Gasteiger partial charge in [0.15, 0.2) is 5.17 Å². The van der Waals surface area contributed by atoms with Crippen LogP contribution in [0.2, 0.25) is 5.02 Å². The van der Waals surface area contributed by atoms with Crippen molar-refractivity contribution < 1.29 is 4.79 Å². The van der Waals surface area contributed by atoms with Gasteiger partial charge in [-0.15, -0.1) is 0 Å². The lowest BCUT2D eigenvalue weighted by molar-refractivity contribution is 0.0693. The number of halogens is 1. The Morgan fingerprint density at radius 2 is 2.05 bits per heavy atom. The highest BCUT2D eigenvalue weighted by Crippen LogP contribution is 2.33. The SMILES string of the molecule is CC1(C)CN=C(N2CCN(C(=O)c3ccncc3Cl)CC2)S1. The summed E-state index contributed by atoms with van der Waals surface area (Å²) in [6.07, 6.45) is 3.11. The molecule has 0 spiro atoms. The van der Waals surface area contributed by atoms with Gasteiger partial charge in [0.2, 0.25) is 0 Å². The fraction of sp³-hybridized carbons (Fsp3) is 0.533. The Bertz CT molecular complexity index is 611. The smallest absolute Gasteiger partial charge is 0.255 e. The number of piperazine rings is 1. The van der Waals surface area contributed by atoms with Crippen molar-refractivity contribution in [3.8, 4) is 0 Å². The summed E-state index contributed by atoms with van der Waals surface area (Å²) in [4.78, 5) is 25.2. The second kappa shape index (κ2) is 6.08. The van der Waals surface area contributed by atoms with E-state index in [9.17, 15) is 4.79 Å². The maximum Gasteiger partial charge on any atom is 0.255 e. The van der Waals surface area contributed by atoms with Crippen LogP contribution in [0.25, 0.3) is 0 Å². The Kier molecular flexibility index (Phi) is 4.32. The van der Waals surface area contributed by atoms with Gasteiger partial charge in [-0.25, -0.2) is 0 Å². The van der Waals surface area contributed by atoms with E-state index >= 15 is 0 Å². The molecule has 7 heteroatoms. The molecule has 2 aliphatic rings. The van der Waals surface area contributed by atoms with Gasteiger partial charge in [0.05, 0.1) is 17.1 Å². The highest BCUT2D eigenvalue weighted by Gasteiger charge is 2.32. The quantitative estimate of drug-likeness (QED) is 0.788. The van der Waals surface area contributed by atoms with Gasteiger partial charge in [0.1, 0.15) is 0 Å². The predicted molar refractivity (Wildman–Crippen MR) is 90.7 cm³/mol. The monoisotopic (exact) mass is 338 g/mol. The van der Waals surface area contributed by atoms with E-state index in [0.717, 1.165) is 24.8 Å². The van der Waals surface area contributed by atoms with Gasteiger partial charge in [0.25, 0.3) is 5.91 Å². The summed E-state index contributed by atoms with van der Waals surface area (Å²) < 4.78 is 0.187. The first-order valence-electron chi connectivity index (χ1n) is 7.33. The molecule has 0 bridgehead atoms. The number of hydrogen-bond donors (Lipinski definition) is 0. The molecule has 0 radical (unpaired) electrons. The molecule has 0 unspecified atom stereocenters. The summed E-state index contributed by atoms with van der Waals surface area (Å²) in [5.74, 6) is -0.0200. The number of carbonyl (C=O) groups excluding carboxylic acids is 1. The minimum atomic E-state index is -0.0200. The summed E-state index contributed by atoms with van der Waals surface area (Å²) in [5.41, 5.74) is 0.527. The van der Waals surface area contributed by atoms with Crippen molar-refractivity contribution in [1.82, 2.24) is 14.8 Å². The van der Waals surface area contributed by atoms with Gasteiger partial charge < -0.3 is 9.80 Å². The Labute approximate surface area is 139 Å². The Morgan fingerprint density at radius 3 is 2.64 bits per heavy atom. The normalized spacial score (nSPS) is 21.0. The van der Waals surface area contributed by atoms with Crippen LogP contribution in [0.1, 0.15) is 24.2 Å². The average Bonchev–Trinajstić information content (AvgIpc) is 2.87. The highest BCUT2D eigenvalue weighted by atomic mass is 35.5. The van der Waals surface area contributed by atoms with Crippen molar-refractivity contribution in [3.05, 3.63) is 29.0 Å². The number of pyridine rings is 1. The van der Waals surface area contributed by atoms with Crippen molar-refractivity contribution in [2.24, 2.45) is 4.99 Å². The van der Waals surface area contributed by atoms with Crippen molar-refractivity contribution >= 4 is 34.4 Å². The van der Waals surface area contributed by atoms with Gasteiger partial charge in [-0.2, -0.15) is 0 Å². The van der Waals surface area contributed by atoms with Crippen molar-refractivity contribution in [1.29, 1.82) is 0 Å². The molecule has 5 nitrogen and oxygen atoms in total. The number of aliphatic imine (C=N–C) groups is 1. The first-order chi connectivity index (χ1) is 10.5. The van der Waals surface area contributed by atoms with E-state index in [1.54, 1.807) is 12.3 Å². The number of hydrogen-bond acceptors (Lipinski definition) is 5. The largest absolute Gasteiger partial charge is 0.348 e. The van der Waals surface area contributed by atoms with Crippen LogP contribution in [-0.4, -0.2) is 63.3 Å². The van der Waals surface area contributed by atoms with Crippen LogP contribution < -0.4 is 0 Å². The van der Waals surface area contributed by atoms with E-state index in [0.29, 0.717) is 23.7 Å². The summed E-state index contributed by atoms with van der Waals surface area (Å²) in [5, 5.41) is 1.52. The van der Waals surface area contributed by atoms with E-state index in [4.69, 9.17) is 11.6 Å². The van der Waals surface area contributed by atoms with Gasteiger partial charge in [0, 0.05) is 43.3 Å². The van der Waals surface area contributed by atoms with Gasteiger partial charge in [-0.05, 0) is 19.9 Å². The lowest BCUT2D eigenvalue weighted by atomic mass is 10.2. The minimum absolute atomic E-state index is 0.0200. The first kappa shape index (κ1) is 15.6. The molecule has 3 heterocycles. The predicted octanol–water partition coefficient (Wildman–Crippen LogP) is 2.37. The third kappa shape index (κ3) is 3.22.